The van der Waals surface area contributed by atoms with Crippen LogP contribution in [-0.2, 0) is 4.74 Å². The molecule has 1 aliphatic heterocycles. The van der Waals surface area contributed by atoms with Gasteiger partial charge < -0.3 is 4.74 Å². The Balaban J connectivity index is 2.28. The molecule has 1 N–H and O–H groups in total. The minimum atomic E-state index is 0.800. The number of nitrogens with one attached hydrogen (secondary N) is 1. The number of nitrogens with zero attached hydrogens (tertiary/aromatic N) is 1. The molecule has 0 aromatic carbocycles. The number of hydrogen-bond acceptors (Lipinski definition) is 2. The molecule has 0 saturated heterocycles. The van der Waals surface area contributed by atoms with Gasteiger partial charge in [-0.3, -0.25) is 5.10 Å². The van der Waals surface area contributed by atoms with Crippen LogP contribution in [0.2, 0.25) is 0 Å². The standard InChI is InChI=1S/C7H8N2O/c1-2-7(10-5-1)6-3-4-8-9-6/h2-4H,1,5H2,(H,8,9). The summed E-state index contributed by atoms with van der Waals surface area (Å²) in [4.78, 5) is 0. The van der Waals surface area contributed by atoms with Gasteiger partial charge in [-0.1, -0.05) is 0 Å². The maximum Gasteiger partial charge on any atom is 0.140 e. The third-order valence-electron chi connectivity index (χ3n) is 1.47. The highest BCUT2D eigenvalue weighted by Crippen LogP contribution is 2.18. The van der Waals surface area contributed by atoms with Crippen LogP contribution in [0, 0.1) is 0 Å². The van der Waals surface area contributed by atoms with E-state index < -0.39 is 0 Å². The molecule has 0 atom stereocenters. The fourth-order valence-electron chi connectivity index (χ4n) is 0.999. The van der Waals surface area contributed by atoms with Crippen LogP contribution in [0.15, 0.2) is 18.3 Å². The van der Waals surface area contributed by atoms with Crippen molar-refractivity contribution in [2.45, 2.75) is 6.42 Å². The van der Waals surface area contributed by atoms with Crippen LogP contribution in [0.25, 0.3) is 5.76 Å². The SMILES string of the molecule is C1=C(c2ccn[nH]2)OCC1. The molecule has 0 spiro atoms. The molecule has 3 nitrogen and oxygen atoms in total. The van der Waals surface area contributed by atoms with Crippen molar-refractivity contribution in [2.24, 2.45) is 0 Å². The maximum atomic E-state index is 5.29. The monoisotopic (exact) mass is 136 g/mol. The average Bonchev–Trinajstić information content (AvgIpc) is 2.59. The number of H-pyrrole nitrogens is 1. The summed E-state index contributed by atoms with van der Waals surface area (Å²) in [7, 11) is 0. The van der Waals surface area contributed by atoms with E-state index in [4.69, 9.17) is 4.74 Å². The molecule has 0 unspecified atom stereocenters. The summed E-state index contributed by atoms with van der Waals surface area (Å²) in [6.07, 6.45) is 4.79. The Bertz CT molecular complexity index is 238. The molecule has 52 valence electrons. The zero-order valence-corrected chi connectivity index (χ0v) is 5.50. The molecule has 2 rings (SSSR count). The van der Waals surface area contributed by atoms with Crippen LogP contribution in [0.4, 0.5) is 0 Å². The lowest BCUT2D eigenvalue weighted by molar-refractivity contribution is 0.306. The van der Waals surface area contributed by atoms with E-state index in [1.165, 1.54) is 0 Å². The van der Waals surface area contributed by atoms with E-state index in [0.717, 1.165) is 24.5 Å². The van der Waals surface area contributed by atoms with E-state index in [0.29, 0.717) is 0 Å². The van der Waals surface area contributed by atoms with E-state index in [1.807, 2.05) is 6.07 Å². The van der Waals surface area contributed by atoms with E-state index >= 15 is 0 Å². The van der Waals surface area contributed by atoms with Gasteiger partial charge in [0.1, 0.15) is 5.76 Å². The summed E-state index contributed by atoms with van der Waals surface area (Å²) in [5.41, 5.74) is 0.970. The van der Waals surface area contributed by atoms with Gasteiger partial charge in [0.05, 0.1) is 12.3 Å². The van der Waals surface area contributed by atoms with Crippen molar-refractivity contribution < 1.29 is 4.74 Å². The van der Waals surface area contributed by atoms with Gasteiger partial charge in [-0.2, -0.15) is 5.10 Å². The highest BCUT2D eigenvalue weighted by Gasteiger charge is 2.07. The van der Waals surface area contributed by atoms with Gasteiger partial charge in [0, 0.05) is 12.6 Å². The summed E-state index contributed by atoms with van der Waals surface area (Å²) in [5.74, 6) is 0.928. The van der Waals surface area contributed by atoms with Crippen LogP contribution in [0.3, 0.4) is 0 Å². The van der Waals surface area contributed by atoms with Crippen molar-refractivity contribution in [3.8, 4) is 0 Å². The van der Waals surface area contributed by atoms with Gasteiger partial charge in [-0.05, 0) is 12.1 Å². The Morgan fingerprint density at radius 1 is 1.60 bits per heavy atom. The van der Waals surface area contributed by atoms with Gasteiger partial charge >= 0.3 is 0 Å². The highest BCUT2D eigenvalue weighted by atomic mass is 16.5. The predicted octanol–water partition coefficient (Wildman–Crippen LogP) is 1.17. The minimum Gasteiger partial charge on any atom is -0.491 e. The Labute approximate surface area is 58.7 Å². The minimum absolute atomic E-state index is 0.800. The quantitative estimate of drug-likeness (QED) is 0.629. The molecular weight excluding hydrogens is 128 g/mol. The fraction of sp³-hybridized carbons (Fsp3) is 0.286. The lowest BCUT2D eigenvalue weighted by Crippen LogP contribution is -1.85. The van der Waals surface area contributed by atoms with Gasteiger partial charge in [0.25, 0.3) is 0 Å². The predicted molar refractivity (Wildman–Crippen MR) is 37.1 cm³/mol. The van der Waals surface area contributed by atoms with Crippen LogP contribution in [-0.4, -0.2) is 16.8 Å². The molecule has 1 aliphatic rings. The first-order valence-electron chi connectivity index (χ1n) is 3.29. The van der Waals surface area contributed by atoms with Crippen molar-refractivity contribution in [3.63, 3.8) is 0 Å². The van der Waals surface area contributed by atoms with Gasteiger partial charge in [-0.25, -0.2) is 0 Å². The third-order valence-corrected chi connectivity index (χ3v) is 1.47. The van der Waals surface area contributed by atoms with Crippen LogP contribution in [0.5, 0.6) is 0 Å². The Morgan fingerprint density at radius 3 is 3.20 bits per heavy atom. The third kappa shape index (κ3) is 0.795. The number of rotatable bonds is 1. The van der Waals surface area contributed by atoms with Crippen molar-refractivity contribution in [1.82, 2.24) is 10.2 Å². The number of aromatic nitrogens is 2. The lowest BCUT2D eigenvalue weighted by atomic mass is 10.3. The highest BCUT2D eigenvalue weighted by molar-refractivity contribution is 5.56. The van der Waals surface area contributed by atoms with Gasteiger partial charge in [-0.15, -0.1) is 0 Å². The topological polar surface area (TPSA) is 37.9 Å². The molecule has 0 bridgehead atoms. The molecule has 3 heteroatoms. The second-order valence-corrected chi connectivity index (χ2v) is 2.18. The molecule has 0 amide bonds. The molecule has 0 aliphatic carbocycles. The van der Waals surface area contributed by atoms with Crippen molar-refractivity contribution in [3.05, 3.63) is 24.0 Å². The Morgan fingerprint density at radius 2 is 2.60 bits per heavy atom. The van der Waals surface area contributed by atoms with E-state index in [9.17, 15) is 0 Å². The zero-order valence-electron chi connectivity index (χ0n) is 5.50. The Kier molecular flexibility index (Phi) is 1.20. The molecule has 1 aromatic heterocycles. The summed E-state index contributed by atoms with van der Waals surface area (Å²) in [6, 6.07) is 1.90. The molecular formula is C7H8N2O. The molecule has 10 heavy (non-hydrogen) atoms. The normalized spacial score (nSPS) is 16.6. The second-order valence-electron chi connectivity index (χ2n) is 2.18. The summed E-state index contributed by atoms with van der Waals surface area (Å²) in [5, 5.41) is 6.66. The first-order chi connectivity index (χ1) is 4.97. The van der Waals surface area contributed by atoms with Crippen molar-refractivity contribution >= 4 is 5.76 Å². The summed E-state index contributed by atoms with van der Waals surface area (Å²) in [6.45, 7) is 0.800. The summed E-state index contributed by atoms with van der Waals surface area (Å²) < 4.78 is 5.29. The first-order valence-corrected chi connectivity index (χ1v) is 3.29. The Hall–Kier alpha value is -1.25. The van der Waals surface area contributed by atoms with Crippen LogP contribution < -0.4 is 0 Å². The largest absolute Gasteiger partial charge is 0.491 e. The lowest BCUT2D eigenvalue weighted by Gasteiger charge is -1.97. The van der Waals surface area contributed by atoms with Crippen molar-refractivity contribution in [1.29, 1.82) is 0 Å². The van der Waals surface area contributed by atoms with Crippen LogP contribution in [0.1, 0.15) is 12.1 Å². The summed E-state index contributed by atoms with van der Waals surface area (Å²) >= 11 is 0. The molecule has 2 heterocycles. The van der Waals surface area contributed by atoms with E-state index in [1.54, 1.807) is 6.20 Å². The zero-order chi connectivity index (χ0) is 6.81. The maximum absolute atomic E-state index is 5.29. The molecule has 0 fully saturated rings. The average molecular weight is 136 g/mol. The van der Waals surface area contributed by atoms with E-state index in [2.05, 4.69) is 16.3 Å². The number of hydrogen-bond donors (Lipinski definition) is 1. The molecule has 0 saturated carbocycles. The fourth-order valence-corrected chi connectivity index (χ4v) is 0.999. The van der Waals surface area contributed by atoms with Gasteiger partial charge in [0.15, 0.2) is 0 Å². The number of ether oxygens (including phenoxy) is 1. The van der Waals surface area contributed by atoms with Crippen LogP contribution >= 0.6 is 0 Å². The molecule has 1 aromatic rings. The van der Waals surface area contributed by atoms with E-state index in [-0.39, 0.29) is 0 Å². The number of aromatic amines is 1. The van der Waals surface area contributed by atoms with Gasteiger partial charge in [0.2, 0.25) is 0 Å². The first kappa shape index (κ1) is 5.53. The molecule has 0 radical (unpaired) electrons. The smallest absolute Gasteiger partial charge is 0.140 e. The van der Waals surface area contributed by atoms with Crippen molar-refractivity contribution in [2.75, 3.05) is 6.61 Å². The second kappa shape index (κ2) is 2.17.